The summed E-state index contributed by atoms with van der Waals surface area (Å²) in [6.45, 7) is 4.42. The summed E-state index contributed by atoms with van der Waals surface area (Å²) in [6.07, 6.45) is 1.71. The average Bonchev–Trinajstić information content (AvgIpc) is 1.94. The van der Waals surface area contributed by atoms with E-state index in [0.717, 1.165) is 0 Å². The molecule has 1 aromatic rings. The van der Waals surface area contributed by atoms with Crippen LogP contribution in [-0.4, -0.2) is 13.8 Å². The fraction of sp³-hybridized carbons (Fsp3) is 0.286. The molecule has 0 saturated heterocycles. The summed E-state index contributed by atoms with van der Waals surface area (Å²) in [6, 6.07) is 1.95. The highest BCUT2D eigenvalue weighted by Gasteiger charge is 2.07. The number of hydrogen-bond donors (Lipinski definition) is 1. The highest BCUT2D eigenvalue weighted by atomic mass is 35.5. The molecule has 2 N–H and O–H groups in total. The Morgan fingerprint density at radius 1 is 1.55 bits per heavy atom. The molecule has 0 aliphatic heterocycles. The van der Waals surface area contributed by atoms with Crippen molar-refractivity contribution in [2.45, 2.75) is 13.1 Å². The molecule has 0 radical (unpaired) electrons. The first-order valence-corrected chi connectivity index (χ1v) is 6.79. The van der Waals surface area contributed by atoms with Crippen LogP contribution in [0.3, 0.4) is 0 Å². The van der Waals surface area contributed by atoms with E-state index in [2.05, 4.69) is 18.1 Å². The van der Waals surface area contributed by atoms with Gasteiger partial charge in [-0.05, 0) is 11.3 Å². The molecule has 0 unspecified atom stereocenters. The quantitative estimate of drug-likeness (QED) is 0.666. The van der Waals surface area contributed by atoms with Crippen molar-refractivity contribution in [2.24, 2.45) is 0 Å². The molecule has 4 heteroatoms. The molecule has 0 saturated carbocycles. The smallest absolute Gasteiger partial charge is 0.142 e. The molecule has 0 aliphatic rings. The zero-order chi connectivity index (χ0) is 8.43. The number of nitrogen functional groups attached to an aromatic ring is 1. The van der Waals surface area contributed by atoms with Gasteiger partial charge in [-0.3, -0.25) is 0 Å². The molecule has 11 heavy (non-hydrogen) atoms. The SMILES string of the molecule is C[SiH](C)c1ccnc(N)c1Cl. The summed E-state index contributed by atoms with van der Waals surface area (Å²) < 4.78 is 0. The minimum atomic E-state index is -0.848. The van der Waals surface area contributed by atoms with Crippen molar-refractivity contribution < 1.29 is 0 Å². The third kappa shape index (κ3) is 1.73. The van der Waals surface area contributed by atoms with Crippen LogP contribution in [0.4, 0.5) is 5.82 Å². The molecule has 2 nitrogen and oxygen atoms in total. The number of anilines is 1. The third-order valence-electron chi connectivity index (χ3n) is 1.57. The first-order valence-electron chi connectivity index (χ1n) is 3.52. The van der Waals surface area contributed by atoms with Gasteiger partial charge in [-0.1, -0.05) is 24.7 Å². The predicted octanol–water partition coefficient (Wildman–Crippen LogP) is 1.01. The van der Waals surface area contributed by atoms with Crippen molar-refractivity contribution >= 4 is 31.4 Å². The van der Waals surface area contributed by atoms with Crippen LogP contribution in [0, 0.1) is 0 Å². The predicted molar refractivity (Wildman–Crippen MR) is 52.2 cm³/mol. The lowest BCUT2D eigenvalue weighted by atomic mass is 10.5. The summed E-state index contributed by atoms with van der Waals surface area (Å²) in [5.41, 5.74) is 5.54. The number of halogens is 1. The maximum atomic E-state index is 5.94. The Balaban J connectivity index is 3.17. The number of nitrogens with zero attached hydrogens (tertiary/aromatic N) is 1. The van der Waals surface area contributed by atoms with Gasteiger partial charge in [-0.2, -0.15) is 0 Å². The molecule has 0 amide bonds. The molecule has 0 aromatic carbocycles. The molecular formula is C7H11ClN2Si. The minimum Gasteiger partial charge on any atom is -0.382 e. The molecular weight excluding hydrogens is 176 g/mol. The molecule has 60 valence electrons. The zero-order valence-corrected chi connectivity index (χ0v) is 8.55. The van der Waals surface area contributed by atoms with Crippen LogP contribution in [-0.2, 0) is 0 Å². The van der Waals surface area contributed by atoms with E-state index in [1.54, 1.807) is 6.20 Å². The van der Waals surface area contributed by atoms with E-state index in [1.807, 2.05) is 6.07 Å². The second-order valence-corrected chi connectivity index (χ2v) is 6.06. The van der Waals surface area contributed by atoms with Crippen LogP contribution >= 0.6 is 11.6 Å². The molecule has 1 rings (SSSR count). The summed E-state index contributed by atoms with van der Waals surface area (Å²) >= 11 is 5.94. The first kappa shape index (κ1) is 8.55. The molecule has 0 fully saturated rings. The van der Waals surface area contributed by atoms with Gasteiger partial charge in [0.2, 0.25) is 0 Å². The van der Waals surface area contributed by atoms with Gasteiger partial charge in [0.15, 0.2) is 0 Å². The summed E-state index contributed by atoms with van der Waals surface area (Å²) in [4.78, 5) is 3.89. The van der Waals surface area contributed by atoms with E-state index in [1.165, 1.54) is 5.19 Å². The lowest BCUT2D eigenvalue weighted by molar-refractivity contribution is 1.35. The van der Waals surface area contributed by atoms with Gasteiger partial charge >= 0.3 is 0 Å². The van der Waals surface area contributed by atoms with Crippen molar-refractivity contribution in [3.8, 4) is 0 Å². The monoisotopic (exact) mass is 186 g/mol. The van der Waals surface area contributed by atoms with Crippen LogP contribution in [0.15, 0.2) is 12.3 Å². The normalized spacial score (nSPS) is 10.5. The Morgan fingerprint density at radius 3 is 2.64 bits per heavy atom. The maximum absolute atomic E-state index is 5.94. The number of rotatable bonds is 1. The van der Waals surface area contributed by atoms with Crippen LogP contribution < -0.4 is 10.9 Å². The largest absolute Gasteiger partial charge is 0.382 e. The summed E-state index contributed by atoms with van der Waals surface area (Å²) in [5.74, 6) is 0.449. The lowest BCUT2D eigenvalue weighted by Gasteiger charge is -2.06. The van der Waals surface area contributed by atoms with Gasteiger partial charge in [-0.25, -0.2) is 4.98 Å². The highest BCUT2D eigenvalue weighted by Crippen LogP contribution is 2.12. The van der Waals surface area contributed by atoms with E-state index in [9.17, 15) is 0 Å². The number of aromatic nitrogens is 1. The van der Waals surface area contributed by atoms with Gasteiger partial charge in [0.1, 0.15) is 5.82 Å². The standard InChI is InChI=1S/C7H11ClN2Si/c1-11(2)5-3-4-10-7(9)6(5)8/h3-4,11H,1-2H3,(H2,9,10). The molecule has 0 atom stereocenters. The Morgan fingerprint density at radius 2 is 2.18 bits per heavy atom. The van der Waals surface area contributed by atoms with E-state index >= 15 is 0 Å². The Hall–Kier alpha value is -0.543. The fourth-order valence-electron chi connectivity index (χ4n) is 0.921. The first-order chi connectivity index (χ1) is 5.13. The molecule has 0 bridgehead atoms. The average molecular weight is 187 g/mol. The minimum absolute atomic E-state index is 0.449. The number of pyridine rings is 1. The van der Waals surface area contributed by atoms with Crippen molar-refractivity contribution in [1.29, 1.82) is 0 Å². The van der Waals surface area contributed by atoms with Crippen molar-refractivity contribution in [3.63, 3.8) is 0 Å². The zero-order valence-electron chi connectivity index (χ0n) is 6.63. The van der Waals surface area contributed by atoms with E-state index in [4.69, 9.17) is 17.3 Å². The van der Waals surface area contributed by atoms with E-state index in [0.29, 0.717) is 10.8 Å². The Bertz CT molecular complexity index is 263. The fourth-order valence-corrected chi connectivity index (χ4v) is 2.81. The third-order valence-corrected chi connectivity index (χ3v) is 3.89. The second-order valence-electron chi connectivity index (χ2n) is 2.75. The van der Waals surface area contributed by atoms with Crippen molar-refractivity contribution in [3.05, 3.63) is 17.3 Å². The van der Waals surface area contributed by atoms with E-state index in [-0.39, 0.29) is 0 Å². The van der Waals surface area contributed by atoms with Gasteiger partial charge in [0, 0.05) is 6.20 Å². The van der Waals surface area contributed by atoms with Gasteiger partial charge in [-0.15, -0.1) is 0 Å². The Labute approximate surface area is 73.0 Å². The van der Waals surface area contributed by atoms with Crippen molar-refractivity contribution in [2.75, 3.05) is 5.73 Å². The highest BCUT2D eigenvalue weighted by molar-refractivity contribution is 6.73. The molecule has 0 spiro atoms. The summed E-state index contributed by atoms with van der Waals surface area (Å²) in [7, 11) is -0.848. The second kappa shape index (κ2) is 3.24. The molecule has 0 aliphatic carbocycles. The molecule has 1 aromatic heterocycles. The van der Waals surface area contributed by atoms with Crippen LogP contribution in [0.1, 0.15) is 0 Å². The maximum Gasteiger partial charge on any atom is 0.142 e. The summed E-state index contributed by atoms with van der Waals surface area (Å²) in [5, 5.41) is 1.84. The topological polar surface area (TPSA) is 38.9 Å². The van der Waals surface area contributed by atoms with E-state index < -0.39 is 8.80 Å². The lowest BCUT2D eigenvalue weighted by Crippen LogP contribution is -2.24. The van der Waals surface area contributed by atoms with Gasteiger partial charge in [0.05, 0.1) is 13.8 Å². The van der Waals surface area contributed by atoms with Crippen LogP contribution in [0.2, 0.25) is 18.1 Å². The molecule has 1 heterocycles. The van der Waals surface area contributed by atoms with Crippen LogP contribution in [0.25, 0.3) is 0 Å². The van der Waals surface area contributed by atoms with Gasteiger partial charge < -0.3 is 5.73 Å². The number of nitrogens with two attached hydrogens (primary N) is 1. The van der Waals surface area contributed by atoms with Crippen LogP contribution in [0.5, 0.6) is 0 Å². The van der Waals surface area contributed by atoms with Gasteiger partial charge in [0.25, 0.3) is 0 Å². The van der Waals surface area contributed by atoms with Crippen molar-refractivity contribution in [1.82, 2.24) is 4.98 Å². The number of hydrogen-bond acceptors (Lipinski definition) is 2. The Kier molecular flexibility index (Phi) is 2.52.